The summed E-state index contributed by atoms with van der Waals surface area (Å²) in [4.78, 5) is 11.4. The van der Waals surface area contributed by atoms with Gasteiger partial charge >= 0.3 is 5.97 Å². The highest BCUT2D eigenvalue weighted by Gasteiger charge is 2.32. The van der Waals surface area contributed by atoms with Gasteiger partial charge in [0.25, 0.3) is 0 Å². The Morgan fingerprint density at radius 1 is 1.05 bits per heavy atom. The van der Waals surface area contributed by atoms with Crippen LogP contribution in [-0.2, 0) is 10.2 Å². The van der Waals surface area contributed by atoms with Crippen molar-refractivity contribution in [2.45, 2.75) is 25.7 Å². The maximum atomic E-state index is 11.4. The van der Waals surface area contributed by atoms with Gasteiger partial charge in [0.1, 0.15) is 0 Å². The molecule has 0 saturated heterocycles. The molecular weight excluding hydrogens is 250 g/mol. The molecule has 0 bridgehead atoms. The molecule has 20 heavy (non-hydrogen) atoms. The van der Waals surface area contributed by atoms with Crippen LogP contribution in [0.4, 0.5) is 11.4 Å². The molecule has 0 spiro atoms. The Bertz CT molecular complexity index is 578. The highest BCUT2D eigenvalue weighted by molar-refractivity contribution is 5.81. The van der Waals surface area contributed by atoms with E-state index in [0.717, 1.165) is 16.9 Å². The largest absolute Gasteiger partial charge is 0.481 e. The summed E-state index contributed by atoms with van der Waals surface area (Å²) in [7, 11) is 0. The van der Waals surface area contributed by atoms with Gasteiger partial charge in [0, 0.05) is 11.4 Å². The van der Waals surface area contributed by atoms with Gasteiger partial charge in [0.05, 0.1) is 5.41 Å². The average molecular weight is 269 g/mol. The van der Waals surface area contributed by atoms with E-state index in [2.05, 4.69) is 5.32 Å². The minimum atomic E-state index is -0.828. The molecule has 0 heterocycles. The maximum Gasteiger partial charge on any atom is 0.313 e. The highest BCUT2D eigenvalue weighted by atomic mass is 16.4. The zero-order valence-electron chi connectivity index (χ0n) is 11.8. The van der Waals surface area contributed by atoms with Crippen LogP contribution >= 0.6 is 0 Å². The third-order valence-electron chi connectivity index (χ3n) is 3.76. The number of carboxylic acids is 1. The summed E-state index contributed by atoms with van der Waals surface area (Å²) in [6, 6.07) is 17.5. The average Bonchev–Trinajstić information content (AvgIpc) is 2.48. The van der Waals surface area contributed by atoms with Crippen LogP contribution in [0.2, 0.25) is 0 Å². The monoisotopic (exact) mass is 269 g/mol. The molecule has 0 amide bonds. The molecular formula is C17H19NO2. The van der Waals surface area contributed by atoms with Crippen LogP contribution in [0.25, 0.3) is 0 Å². The van der Waals surface area contributed by atoms with Crippen molar-refractivity contribution in [1.82, 2.24) is 0 Å². The van der Waals surface area contributed by atoms with Crippen molar-refractivity contribution in [3.8, 4) is 0 Å². The maximum absolute atomic E-state index is 11.4. The molecule has 0 aromatic heterocycles. The van der Waals surface area contributed by atoms with Gasteiger partial charge < -0.3 is 10.4 Å². The Labute approximate surface area is 119 Å². The second-order valence-corrected chi connectivity index (χ2v) is 5.06. The highest BCUT2D eigenvalue weighted by Crippen LogP contribution is 2.29. The molecule has 3 nitrogen and oxygen atoms in total. The third kappa shape index (κ3) is 2.82. The SMILES string of the molecule is CCC(C)(C(=O)O)c1ccc(Nc2ccccc2)cc1. The Balaban J connectivity index is 2.20. The molecule has 0 fully saturated rings. The summed E-state index contributed by atoms with van der Waals surface area (Å²) in [5.74, 6) is -0.788. The smallest absolute Gasteiger partial charge is 0.313 e. The molecule has 0 aliphatic rings. The lowest BCUT2D eigenvalue weighted by molar-refractivity contribution is -0.143. The first-order valence-corrected chi connectivity index (χ1v) is 6.72. The first-order valence-electron chi connectivity index (χ1n) is 6.72. The van der Waals surface area contributed by atoms with Crippen LogP contribution in [-0.4, -0.2) is 11.1 Å². The van der Waals surface area contributed by atoms with Crippen LogP contribution < -0.4 is 5.32 Å². The number of benzene rings is 2. The molecule has 0 aliphatic heterocycles. The number of rotatable bonds is 5. The number of anilines is 2. The number of para-hydroxylation sites is 1. The van der Waals surface area contributed by atoms with E-state index in [1.54, 1.807) is 6.92 Å². The van der Waals surface area contributed by atoms with Crippen molar-refractivity contribution >= 4 is 17.3 Å². The minimum absolute atomic E-state index is 0.563. The van der Waals surface area contributed by atoms with Crippen molar-refractivity contribution in [3.63, 3.8) is 0 Å². The Morgan fingerprint density at radius 2 is 1.60 bits per heavy atom. The molecule has 2 rings (SSSR count). The predicted octanol–water partition coefficient (Wildman–Crippen LogP) is 4.18. The van der Waals surface area contributed by atoms with E-state index in [4.69, 9.17) is 0 Å². The Kier molecular flexibility index (Phi) is 4.08. The summed E-state index contributed by atoms with van der Waals surface area (Å²) in [6.45, 7) is 3.65. The number of aliphatic carboxylic acids is 1. The standard InChI is InChI=1S/C17H19NO2/c1-3-17(2,16(19)20)13-9-11-15(12-10-13)18-14-7-5-4-6-8-14/h4-12,18H,3H2,1-2H3,(H,19,20). The molecule has 0 aliphatic carbocycles. The van der Waals surface area contributed by atoms with Crippen molar-refractivity contribution in [3.05, 3.63) is 60.2 Å². The zero-order valence-corrected chi connectivity index (χ0v) is 11.8. The lowest BCUT2D eigenvalue weighted by Gasteiger charge is -2.23. The van der Waals surface area contributed by atoms with Crippen molar-refractivity contribution in [2.75, 3.05) is 5.32 Å². The lowest BCUT2D eigenvalue weighted by atomic mass is 9.80. The van der Waals surface area contributed by atoms with Crippen LogP contribution in [0.15, 0.2) is 54.6 Å². The van der Waals surface area contributed by atoms with Gasteiger partial charge in [-0.15, -0.1) is 0 Å². The van der Waals surface area contributed by atoms with Crippen molar-refractivity contribution in [1.29, 1.82) is 0 Å². The molecule has 2 aromatic rings. The second-order valence-electron chi connectivity index (χ2n) is 5.06. The summed E-state index contributed by atoms with van der Waals surface area (Å²) in [6.07, 6.45) is 0.563. The molecule has 1 atom stereocenters. The van der Waals surface area contributed by atoms with E-state index >= 15 is 0 Å². The van der Waals surface area contributed by atoms with Gasteiger partial charge in [-0.25, -0.2) is 0 Å². The van der Waals surface area contributed by atoms with Gasteiger partial charge in [-0.2, -0.15) is 0 Å². The fraction of sp³-hybridized carbons (Fsp3) is 0.235. The van der Waals surface area contributed by atoms with Gasteiger partial charge in [-0.3, -0.25) is 4.79 Å². The quantitative estimate of drug-likeness (QED) is 0.856. The topological polar surface area (TPSA) is 49.3 Å². The van der Waals surface area contributed by atoms with Gasteiger partial charge in [0.2, 0.25) is 0 Å². The van der Waals surface area contributed by atoms with Gasteiger partial charge in [0.15, 0.2) is 0 Å². The Morgan fingerprint density at radius 3 is 2.10 bits per heavy atom. The lowest BCUT2D eigenvalue weighted by Crippen LogP contribution is -2.31. The number of carboxylic acid groups (broad SMARTS) is 1. The summed E-state index contributed by atoms with van der Waals surface area (Å²) >= 11 is 0. The van der Waals surface area contributed by atoms with Crippen LogP contribution in [0.5, 0.6) is 0 Å². The fourth-order valence-corrected chi connectivity index (χ4v) is 2.09. The first-order chi connectivity index (χ1) is 9.56. The van der Waals surface area contributed by atoms with Crippen LogP contribution in [0.3, 0.4) is 0 Å². The fourth-order valence-electron chi connectivity index (χ4n) is 2.09. The van der Waals surface area contributed by atoms with Crippen LogP contribution in [0, 0.1) is 0 Å². The number of nitrogens with one attached hydrogen (secondary N) is 1. The molecule has 2 N–H and O–H groups in total. The minimum Gasteiger partial charge on any atom is -0.481 e. The van der Waals surface area contributed by atoms with Crippen molar-refractivity contribution in [2.24, 2.45) is 0 Å². The van der Waals surface area contributed by atoms with Crippen LogP contribution in [0.1, 0.15) is 25.8 Å². The predicted molar refractivity (Wildman–Crippen MR) is 81.4 cm³/mol. The van der Waals surface area contributed by atoms with E-state index < -0.39 is 11.4 Å². The summed E-state index contributed by atoms with van der Waals surface area (Å²) in [5, 5.41) is 12.7. The molecule has 0 radical (unpaired) electrons. The molecule has 3 heteroatoms. The van der Waals surface area contributed by atoms with Gasteiger partial charge in [-0.05, 0) is 43.2 Å². The Hall–Kier alpha value is -2.29. The molecule has 104 valence electrons. The normalized spacial score (nSPS) is 13.5. The van der Waals surface area contributed by atoms with E-state index in [1.807, 2.05) is 61.5 Å². The van der Waals surface area contributed by atoms with Gasteiger partial charge in [-0.1, -0.05) is 37.3 Å². The summed E-state index contributed by atoms with van der Waals surface area (Å²) < 4.78 is 0. The molecule has 1 unspecified atom stereocenters. The van der Waals surface area contributed by atoms with E-state index in [0.29, 0.717) is 6.42 Å². The molecule has 0 saturated carbocycles. The second kappa shape index (κ2) is 5.78. The first kappa shape index (κ1) is 14.1. The van der Waals surface area contributed by atoms with E-state index in [9.17, 15) is 9.90 Å². The van der Waals surface area contributed by atoms with E-state index in [-0.39, 0.29) is 0 Å². The summed E-state index contributed by atoms with van der Waals surface area (Å²) in [5.41, 5.74) is 1.96. The number of carbonyl (C=O) groups is 1. The molecule has 2 aromatic carbocycles. The van der Waals surface area contributed by atoms with E-state index in [1.165, 1.54) is 0 Å². The zero-order chi connectivity index (χ0) is 14.6. The third-order valence-corrected chi connectivity index (χ3v) is 3.76. The van der Waals surface area contributed by atoms with Crippen molar-refractivity contribution < 1.29 is 9.90 Å². The number of hydrogen-bond donors (Lipinski definition) is 2. The number of hydrogen-bond acceptors (Lipinski definition) is 2.